The second-order valence-corrected chi connectivity index (χ2v) is 4.45. The summed E-state index contributed by atoms with van der Waals surface area (Å²) in [6.45, 7) is 9.52. The fourth-order valence-corrected chi connectivity index (χ4v) is 1.45. The van der Waals surface area contributed by atoms with Crippen LogP contribution in [0.4, 0.5) is 0 Å². The number of aliphatic carboxylic acids is 1. The molecule has 0 aromatic heterocycles. The number of hydrogen-bond acceptors (Lipinski definition) is 3. The molecule has 0 aromatic carbocycles. The van der Waals surface area contributed by atoms with Crippen molar-refractivity contribution in [2.45, 2.75) is 33.8 Å². The lowest BCUT2D eigenvalue weighted by Gasteiger charge is -2.42. The predicted molar refractivity (Wildman–Crippen MR) is 56.4 cm³/mol. The number of carbonyl (C=O) groups is 2. The number of allylic oxidation sites excluding steroid dienone is 1. The minimum Gasteiger partial charge on any atom is -0.481 e. The van der Waals surface area contributed by atoms with E-state index in [-0.39, 0.29) is 5.57 Å². The van der Waals surface area contributed by atoms with E-state index in [1.165, 1.54) is 13.8 Å². The van der Waals surface area contributed by atoms with Crippen molar-refractivity contribution in [3.8, 4) is 0 Å². The Kier molecular flexibility index (Phi) is 3.82. The molecule has 0 saturated heterocycles. The maximum atomic E-state index is 11.2. The van der Waals surface area contributed by atoms with E-state index in [9.17, 15) is 14.7 Å². The van der Waals surface area contributed by atoms with Gasteiger partial charge in [0.05, 0.1) is 11.5 Å². The van der Waals surface area contributed by atoms with Gasteiger partial charge in [-0.1, -0.05) is 20.4 Å². The molecule has 2 N–H and O–H groups in total. The van der Waals surface area contributed by atoms with Crippen molar-refractivity contribution in [1.82, 2.24) is 0 Å². The molecule has 0 fully saturated rings. The van der Waals surface area contributed by atoms with Gasteiger partial charge in [0, 0.05) is 5.41 Å². The Morgan fingerprint density at radius 1 is 1.40 bits per heavy atom. The van der Waals surface area contributed by atoms with Crippen LogP contribution in [-0.4, -0.2) is 28.6 Å². The Morgan fingerprint density at radius 2 is 1.80 bits per heavy atom. The quantitative estimate of drug-likeness (QED) is 0.533. The fraction of sp³-hybridized carbons (Fsp3) is 0.636. The molecule has 0 spiro atoms. The van der Waals surface area contributed by atoms with Crippen LogP contribution < -0.4 is 0 Å². The largest absolute Gasteiger partial charge is 0.481 e. The normalized spacial score (nSPS) is 17.7. The van der Waals surface area contributed by atoms with Gasteiger partial charge in [-0.25, -0.2) is 0 Å². The lowest BCUT2D eigenvalue weighted by atomic mass is 9.60. The first kappa shape index (κ1) is 13.8. The summed E-state index contributed by atoms with van der Waals surface area (Å²) in [5, 5.41) is 18.7. The third-order valence-corrected chi connectivity index (χ3v) is 3.52. The molecule has 0 heterocycles. The lowest BCUT2D eigenvalue weighted by Crippen LogP contribution is -2.50. The van der Waals surface area contributed by atoms with Crippen LogP contribution in [0.3, 0.4) is 0 Å². The minimum atomic E-state index is -1.44. The number of hydrogen-bond donors (Lipinski definition) is 2. The molecule has 0 aliphatic heterocycles. The maximum absolute atomic E-state index is 11.2. The number of carbonyl (C=O) groups excluding carboxylic acids is 1. The summed E-state index contributed by atoms with van der Waals surface area (Å²) in [4.78, 5) is 21.9. The molecule has 15 heavy (non-hydrogen) atoms. The summed E-state index contributed by atoms with van der Waals surface area (Å²) >= 11 is 0. The summed E-state index contributed by atoms with van der Waals surface area (Å²) in [7, 11) is 0. The summed E-state index contributed by atoms with van der Waals surface area (Å²) in [6.07, 6.45) is -0.550. The Morgan fingerprint density at radius 3 is 2.00 bits per heavy atom. The average molecular weight is 214 g/mol. The molecule has 0 unspecified atom stereocenters. The average Bonchev–Trinajstić information content (AvgIpc) is 2.13. The van der Waals surface area contributed by atoms with Gasteiger partial charge in [-0.05, 0) is 19.4 Å². The first-order valence-electron chi connectivity index (χ1n) is 4.68. The van der Waals surface area contributed by atoms with Crippen LogP contribution in [0.5, 0.6) is 0 Å². The highest BCUT2D eigenvalue weighted by Gasteiger charge is 2.52. The van der Waals surface area contributed by atoms with Crippen LogP contribution >= 0.6 is 0 Å². The molecule has 2 atom stereocenters. The molecule has 4 heteroatoms. The smallest absolute Gasteiger partial charge is 0.312 e. The van der Waals surface area contributed by atoms with Crippen LogP contribution in [0.25, 0.3) is 0 Å². The summed E-state index contributed by atoms with van der Waals surface area (Å²) in [6, 6.07) is 0. The highest BCUT2D eigenvalue weighted by molar-refractivity contribution is 5.82. The maximum Gasteiger partial charge on any atom is 0.312 e. The highest BCUT2D eigenvalue weighted by Crippen LogP contribution is 2.46. The number of carboxylic acid groups (broad SMARTS) is 1. The van der Waals surface area contributed by atoms with E-state index in [1.807, 2.05) is 0 Å². The summed E-state index contributed by atoms with van der Waals surface area (Å²) < 4.78 is 0. The van der Waals surface area contributed by atoms with Crippen LogP contribution in [0.15, 0.2) is 12.2 Å². The van der Waals surface area contributed by atoms with E-state index >= 15 is 0 Å². The van der Waals surface area contributed by atoms with Crippen LogP contribution in [0, 0.1) is 10.8 Å². The third-order valence-electron chi connectivity index (χ3n) is 3.52. The molecule has 0 bridgehead atoms. The molecule has 0 amide bonds. The van der Waals surface area contributed by atoms with Crippen molar-refractivity contribution in [2.24, 2.45) is 10.8 Å². The topological polar surface area (TPSA) is 74.6 Å². The van der Waals surface area contributed by atoms with Crippen molar-refractivity contribution in [3.63, 3.8) is 0 Å². The van der Waals surface area contributed by atoms with Gasteiger partial charge in [0.1, 0.15) is 6.29 Å². The monoisotopic (exact) mass is 214 g/mol. The standard InChI is InChI=1S/C11H18O4/c1-7(6-12)10(3,4)11(5,8(2)13)9(14)15/h6,8,13H,1H2,2-5H3,(H,14,15)/t8-,11+/m1/s1. The Balaban J connectivity index is 5.55. The molecular weight excluding hydrogens is 196 g/mol. The van der Waals surface area contributed by atoms with E-state index in [1.54, 1.807) is 13.8 Å². The van der Waals surface area contributed by atoms with Gasteiger partial charge in [0.15, 0.2) is 0 Å². The number of aliphatic hydroxyl groups is 1. The summed E-state index contributed by atoms with van der Waals surface area (Å²) in [5.41, 5.74) is -2.28. The predicted octanol–water partition coefficient (Wildman–Crippen LogP) is 1.24. The highest BCUT2D eigenvalue weighted by atomic mass is 16.4. The van der Waals surface area contributed by atoms with E-state index < -0.39 is 22.9 Å². The van der Waals surface area contributed by atoms with E-state index in [0.717, 1.165) is 0 Å². The SMILES string of the molecule is C=C(C=O)C(C)(C)[C@](C)(C(=O)O)[C@@H](C)O. The molecule has 0 saturated carbocycles. The van der Waals surface area contributed by atoms with Gasteiger partial charge in [-0.3, -0.25) is 9.59 Å². The van der Waals surface area contributed by atoms with Crippen LogP contribution in [-0.2, 0) is 9.59 Å². The van der Waals surface area contributed by atoms with Crippen molar-refractivity contribution in [3.05, 3.63) is 12.2 Å². The van der Waals surface area contributed by atoms with Crippen molar-refractivity contribution < 1.29 is 19.8 Å². The number of carboxylic acids is 1. The molecular formula is C11H18O4. The zero-order valence-electron chi connectivity index (χ0n) is 9.57. The van der Waals surface area contributed by atoms with E-state index in [4.69, 9.17) is 5.11 Å². The van der Waals surface area contributed by atoms with Gasteiger partial charge >= 0.3 is 5.97 Å². The number of rotatable bonds is 5. The molecule has 0 rings (SSSR count). The first-order valence-corrected chi connectivity index (χ1v) is 4.68. The van der Waals surface area contributed by atoms with Crippen molar-refractivity contribution >= 4 is 12.3 Å². The van der Waals surface area contributed by atoms with Crippen LogP contribution in [0.2, 0.25) is 0 Å². The van der Waals surface area contributed by atoms with Gasteiger partial charge in [0.25, 0.3) is 0 Å². The van der Waals surface area contributed by atoms with Gasteiger partial charge < -0.3 is 10.2 Å². The second kappa shape index (κ2) is 4.14. The Labute approximate surface area is 89.6 Å². The fourth-order valence-electron chi connectivity index (χ4n) is 1.45. The first-order chi connectivity index (χ1) is 6.62. The molecule has 0 aliphatic rings. The zero-order chi connectivity index (χ0) is 12.4. The Bertz CT molecular complexity index is 291. The van der Waals surface area contributed by atoms with Crippen LogP contribution in [0.1, 0.15) is 27.7 Å². The molecule has 4 nitrogen and oxygen atoms in total. The minimum absolute atomic E-state index is 0.160. The zero-order valence-corrected chi connectivity index (χ0v) is 9.57. The van der Waals surface area contributed by atoms with Crippen molar-refractivity contribution in [2.75, 3.05) is 0 Å². The second-order valence-electron chi connectivity index (χ2n) is 4.45. The molecule has 86 valence electrons. The van der Waals surface area contributed by atoms with E-state index in [2.05, 4.69) is 6.58 Å². The third kappa shape index (κ3) is 1.95. The molecule has 0 aliphatic carbocycles. The number of aldehydes is 1. The van der Waals surface area contributed by atoms with Crippen molar-refractivity contribution in [1.29, 1.82) is 0 Å². The molecule has 0 aromatic rings. The lowest BCUT2D eigenvalue weighted by molar-refractivity contribution is -0.163. The van der Waals surface area contributed by atoms with Gasteiger partial charge in [0.2, 0.25) is 0 Å². The van der Waals surface area contributed by atoms with Gasteiger partial charge in [-0.15, -0.1) is 0 Å². The summed E-state index contributed by atoms with van der Waals surface area (Å²) in [5.74, 6) is -1.15. The Hall–Kier alpha value is -1.16. The number of aliphatic hydroxyl groups excluding tert-OH is 1. The van der Waals surface area contributed by atoms with Gasteiger partial charge in [-0.2, -0.15) is 0 Å². The molecule has 0 radical (unpaired) electrons. The van der Waals surface area contributed by atoms with E-state index in [0.29, 0.717) is 6.29 Å².